The topological polar surface area (TPSA) is 57.6 Å². The second-order valence-corrected chi connectivity index (χ2v) is 7.29. The predicted octanol–water partition coefficient (Wildman–Crippen LogP) is 3.53. The van der Waals surface area contributed by atoms with Crippen molar-refractivity contribution >= 4 is 23.2 Å². The molecule has 1 N–H and O–H groups in total. The molecule has 0 saturated heterocycles. The van der Waals surface area contributed by atoms with Gasteiger partial charge in [0.25, 0.3) is 0 Å². The molecule has 2 aromatic rings. The maximum atomic E-state index is 12.3. The second kappa shape index (κ2) is 8.64. The van der Waals surface area contributed by atoms with Crippen molar-refractivity contribution in [1.82, 2.24) is 4.90 Å². The summed E-state index contributed by atoms with van der Waals surface area (Å²) in [5.74, 6) is -1.09. The molecule has 0 spiro atoms. The fourth-order valence-corrected chi connectivity index (χ4v) is 3.54. The molecule has 1 unspecified atom stereocenters. The molecule has 1 aromatic carbocycles. The quantitative estimate of drug-likeness (QED) is 0.796. The zero-order valence-corrected chi connectivity index (χ0v) is 14.9. The summed E-state index contributed by atoms with van der Waals surface area (Å²) in [6.45, 7) is 2.06. The number of benzene rings is 1. The highest BCUT2D eigenvalue weighted by Gasteiger charge is 2.26. The SMILES string of the molecule is Cc1ccc(CCCC(=O)N(C)C(Cc2ccccc2)C(=O)O)s1. The molecule has 24 heavy (non-hydrogen) atoms. The van der Waals surface area contributed by atoms with Crippen LogP contribution in [0.4, 0.5) is 0 Å². The smallest absolute Gasteiger partial charge is 0.326 e. The van der Waals surface area contributed by atoms with Gasteiger partial charge in [-0.3, -0.25) is 4.79 Å². The molecule has 0 aliphatic carbocycles. The Balaban J connectivity index is 1.89. The number of amides is 1. The Labute approximate surface area is 146 Å². The molecule has 0 fully saturated rings. The number of carbonyl (C=O) groups is 2. The lowest BCUT2D eigenvalue weighted by molar-refractivity contribution is -0.149. The Hall–Kier alpha value is -2.14. The Kier molecular flexibility index (Phi) is 6.55. The predicted molar refractivity (Wildman–Crippen MR) is 96.3 cm³/mol. The summed E-state index contributed by atoms with van der Waals surface area (Å²) in [6, 6.07) is 12.7. The molecule has 1 heterocycles. The molecule has 4 nitrogen and oxygen atoms in total. The highest BCUT2D eigenvalue weighted by molar-refractivity contribution is 7.11. The molecule has 0 aliphatic heterocycles. The normalized spacial score (nSPS) is 11.9. The van der Waals surface area contributed by atoms with Gasteiger partial charge in [-0.15, -0.1) is 11.3 Å². The van der Waals surface area contributed by atoms with Gasteiger partial charge in [0.1, 0.15) is 6.04 Å². The monoisotopic (exact) mass is 345 g/mol. The lowest BCUT2D eigenvalue weighted by Gasteiger charge is -2.25. The number of likely N-dealkylation sites (N-methyl/N-ethyl adjacent to an activating group) is 1. The summed E-state index contributed by atoms with van der Waals surface area (Å²) in [5.41, 5.74) is 0.915. The first kappa shape index (κ1) is 18.2. The molecule has 0 aliphatic rings. The van der Waals surface area contributed by atoms with Crippen LogP contribution in [0.15, 0.2) is 42.5 Å². The summed E-state index contributed by atoms with van der Waals surface area (Å²) in [4.78, 5) is 27.8. The van der Waals surface area contributed by atoms with Crippen LogP contribution in [0, 0.1) is 6.92 Å². The number of rotatable bonds is 8. The molecule has 5 heteroatoms. The van der Waals surface area contributed by atoms with Crippen molar-refractivity contribution in [3.8, 4) is 0 Å². The maximum absolute atomic E-state index is 12.3. The number of carboxylic acids is 1. The minimum Gasteiger partial charge on any atom is -0.480 e. The second-order valence-electron chi connectivity index (χ2n) is 5.91. The largest absolute Gasteiger partial charge is 0.480 e. The van der Waals surface area contributed by atoms with Gasteiger partial charge in [-0.25, -0.2) is 4.79 Å². The van der Waals surface area contributed by atoms with Crippen molar-refractivity contribution in [1.29, 1.82) is 0 Å². The van der Waals surface area contributed by atoms with Gasteiger partial charge >= 0.3 is 5.97 Å². The average Bonchev–Trinajstić information content (AvgIpc) is 2.98. The van der Waals surface area contributed by atoms with Gasteiger partial charge in [0, 0.05) is 29.6 Å². The highest BCUT2D eigenvalue weighted by Crippen LogP contribution is 2.18. The lowest BCUT2D eigenvalue weighted by Crippen LogP contribution is -2.43. The molecule has 0 bridgehead atoms. The van der Waals surface area contributed by atoms with Crippen molar-refractivity contribution in [2.45, 2.75) is 38.6 Å². The van der Waals surface area contributed by atoms with Gasteiger partial charge in [0.2, 0.25) is 5.91 Å². The van der Waals surface area contributed by atoms with Crippen LogP contribution in [-0.4, -0.2) is 35.0 Å². The Morgan fingerprint density at radius 3 is 2.46 bits per heavy atom. The van der Waals surface area contributed by atoms with Gasteiger partial charge in [0.05, 0.1) is 0 Å². The summed E-state index contributed by atoms with van der Waals surface area (Å²) in [6.07, 6.45) is 2.28. The zero-order valence-electron chi connectivity index (χ0n) is 14.1. The number of aliphatic carboxylic acids is 1. The summed E-state index contributed by atoms with van der Waals surface area (Å²) in [5, 5.41) is 9.47. The molecular weight excluding hydrogens is 322 g/mol. The Bertz CT molecular complexity index is 681. The van der Waals surface area contributed by atoms with Crippen LogP contribution in [0.2, 0.25) is 0 Å². The van der Waals surface area contributed by atoms with E-state index < -0.39 is 12.0 Å². The zero-order chi connectivity index (χ0) is 17.5. The number of carboxylic acid groups (broad SMARTS) is 1. The number of hydrogen-bond donors (Lipinski definition) is 1. The van der Waals surface area contributed by atoms with Gasteiger partial charge in [-0.05, 0) is 37.5 Å². The van der Waals surface area contributed by atoms with E-state index in [1.165, 1.54) is 14.7 Å². The Morgan fingerprint density at radius 1 is 1.17 bits per heavy atom. The standard InChI is InChI=1S/C19H23NO3S/c1-14-11-12-16(24-14)9-6-10-18(21)20(2)17(19(22)23)13-15-7-4-3-5-8-15/h3-5,7-8,11-12,17H,6,9-10,13H2,1-2H3,(H,22,23). The minimum atomic E-state index is -0.969. The highest BCUT2D eigenvalue weighted by atomic mass is 32.1. The molecular formula is C19H23NO3S. The molecule has 1 aromatic heterocycles. The third-order valence-corrected chi connectivity index (χ3v) is 5.09. The van der Waals surface area contributed by atoms with Crippen LogP contribution in [0.25, 0.3) is 0 Å². The number of thiophene rings is 1. The van der Waals surface area contributed by atoms with Crippen LogP contribution in [0.5, 0.6) is 0 Å². The van der Waals surface area contributed by atoms with Crippen molar-refractivity contribution in [2.75, 3.05) is 7.05 Å². The third kappa shape index (κ3) is 5.20. The van der Waals surface area contributed by atoms with E-state index in [1.807, 2.05) is 30.3 Å². The fourth-order valence-electron chi connectivity index (χ4n) is 2.61. The molecule has 1 atom stereocenters. The van der Waals surface area contributed by atoms with E-state index in [-0.39, 0.29) is 5.91 Å². The minimum absolute atomic E-state index is 0.119. The van der Waals surface area contributed by atoms with Gasteiger partial charge in [-0.1, -0.05) is 30.3 Å². The summed E-state index contributed by atoms with van der Waals surface area (Å²) >= 11 is 1.74. The summed E-state index contributed by atoms with van der Waals surface area (Å²) in [7, 11) is 1.58. The molecule has 1 amide bonds. The van der Waals surface area contributed by atoms with Crippen LogP contribution < -0.4 is 0 Å². The first-order valence-electron chi connectivity index (χ1n) is 8.05. The van der Waals surface area contributed by atoms with Gasteiger partial charge < -0.3 is 10.0 Å². The number of aryl methyl sites for hydroxylation is 2. The molecule has 128 valence electrons. The van der Waals surface area contributed by atoms with Crippen molar-refractivity contribution in [3.63, 3.8) is 0 Å². The van der Waals surface area contributed by atoms with Gasteiger partial charge in [-0.2, -0.15) is 0 Å². The van der Waals surface area contributed by atoms with E-state index in [0.29, 0.717) is 12.8 Å². The number of hydrogen-bond acceptors (Lipinski definition) is 3. The van der Waals surface area contributed by atoms with Crippen molar-refractivity contribution in [3.05, 3.63) is 57.8 Å². The third-order valence-electron chi connectivity index (χ3n) is 4.03. The summed E-state index contributed by atoms with van der Waals surface area (Å²) < 4.78 is 0. The van der Waals surface area contributed by atoms with Crippen molar-refractivity contribution < 1.29 is 14.7 Å². The molecule has 0 saturated carbocycles. The first-order valence-corrected chi connectivity index (χ1v) is 8.86. The lowest BCUT2D eigenvalue weighted by atomic mass is 10.0. The van der Waals surface area contributed by atoms with E-state index in [1.54, 1.807) is 18.4 Å². The van der Waals surface area contributed by atoms with E-state index >= 15 is 0 Å². The fraction of sp³-hybridized carbons (Fsp3) is 0.368. The van der Waals surface area contributed by atoms with E-state index in [0.717, 1.165) is 18.4 Å². The van der Waals surface area contributed by atoms with Crippen LogP contribution >= 0.6 is 11.3 Å². The van der Waals surface area contributed by atoms with Gasteiger partial charge in [0.15, 0.2) is 0 Å². The number of nitrogens with zero attached hydrogens (tertiary/aromatic N) is 1. The van der Waals surface area contributed by atoms with E-state index in [2.05, 4.69) is 19.1 Å². The van der Waals surface area contributed by atoms with Crippen molar-refractivity contribution in [2.24, 2.45) is 0 Å². The first-order chi connectivity index (χ1) is 11.5. The van der Waals surface area contributed by atoms with Crippen LogP contribution in [0.1, 0.15) is 28.2 Å². The van der Waals surface area contributed by atoms with Crippen LogP contribution in [0.3, 0.4) is 0 Å². The average molecular weight is 345 g/mol. The maximum Gasteiger partial charge on any atom is 0.326 e. The molecule has 2 rings (SSSR count). The van der Waals surface area contributed by atoms with E-state index in [9.17, 15) is 14.7 Å². The number of carbonyl (C=O) groups excluding carboxylic acids is 1. The van der Waals surface area contributed by atoms with Crippen LogP contribution in [-0.2, 0) is 22.4 Å². The molecule has 0 radical (unpaired) electrons. The van der Waals surface area contributed by atoms with E-state index in [4.69, 9.17) is 0 Å². The Morgan fingerprint density at radius 2 is 1.88 bits per heavy atom.